The lowest BCUT2D eigenvalue weighted by molar-refractivity contribution is -0.118. The molecule has 0 aliphatic rings. The third-order valence-electron chi connectivity index (χ3n) is 1.94. The van der Waals surface area contributed by atoms with Crippen LogP contribution in [-0.2, 0) is 4.79 Å². The van der Waals surface area contributed by atoms with E-state index in [9.17, 15) is 4.79 Å². The zero-order chi connectivity index (χ0) is 11.3. The summed E-state index contributed by atoms with van der Waals surface area (Å²) in [6.07, 6.45) is 0. The van der Waals surface area contributed by atoms with Crippen molar-refractivity contribution < 1.29 is 4.79 Å². The van der Waals surface area contributed by atoms with Crippen molar-refractivity contribution in [2.24, 2.45) is 0 Å². The van der Waals surface area contributed by atoms with Crippen molar-refractivity contribution in [3.05, 3.63) is 29.3 Å². The summed E-state index contributed by atoms with van der Waals surface area (Å²) in [5, 5.41) is 2.60. The SMILES string of the molecule is CC(=O)NCC#Cc1ccc(C)c(N)c1. The Hall–Kier alpha value is -1.95. The highest BCUT2D eigenvalue weighted by Crippen LogP contribution is 2.11. The molecule has 0 aliphatic heterocycles. The molecular weight excluding hydrogens is 188 g/mol. The summed E-state index contributed by atoms with van der Waals surface area (Å²) in [6.45, 7) is 3.78. The van der Waals surface area contributed by atoms with Crippen LogP contribution < -0.4 is 11.1 Å². The number of hydrogen-bond donors (Lipinski definition) is 2. The molecule has 1 aromatic carbocycles. The summed E-state index contributed by atoms with van der Waals surface area (Å²) in [7, 11) is 0. The van der Waals surface area contributed by atoms with Crippen LogP contribution in [0.2, 0.25) is 0 Å². The Balaban J connectivity index is 2.64. The normalized spacial score (nSPS) is 8.93. The van der Waals surface area contributed by atoms with Gasteiger partial charge < -0.3 is 11.1 Å². The smallest absolute Gasteiger partial charge is 0.217 e. The van der Waals surface area contributed by atoms with Gasteiger partial charge in [-0.15, -0.1) is 0 Å². The second-order valence-electron chi connectivity index (χ2n) is 3.28. The lowest BCUT2D eigenvalue weighted by atomic mass is 10.1. The average molecular weight is 202 g/mol. The fourth-order valence-electron chi connectivity index (χ4n) is 1.03. The van der Waals surface area contributed by atoms with Crippen LogP contribution >= 0.6 is 0 Å². The number of amides is 1. The first-order chi connectivity index (χ1) is 7.09. The molecule has 0 aliphatic carbocycles. The van der Waals surface area contributed by atoms with Crippen LogP contribution in [0.3, 0.4) is 0 Å². The van der Waals surface area contributed by atoms with Crippen LogP contribution in [0.5, 0.6) is 0 Å². The summed E-state index contributed by atoms with van der Waals surface area (Å²) in [5.41, 5.74) is 8.38. The van der Waals surface area contributed by atoms with Gasteiger partial charge in [0.05, 0.1) is 6.54 Å². The first-order valence-electron chi connectivity index (χ1n) is 4.69. The molecular formula is C12H14N2O. The van der Waals surface area contributed by atoms with E-state index in [1.807, 2.05) is 25.1 Å². The molecule has 0 bridgehead atoms. The number of nitrogens with one attached hydrogen (secondary N) is 1. The molecule has 78 valence electrons. The Morgan fingerprint density at radius 1 is 1.53 bits per heavy atom. The van der Waals surface area contributed by atoms with Gasteiger partial charge in [0.2, 0.25) is 5.91 Å². The Labute approximate surface area is 89.7 Å². The van der Waals surface area contributed by atoms with Gasteiger partial charge in [0.25, 0.3) is 0 Å². The number of nitrogens with two attached hydrogens (primary N) is 1. The van der Waals surface area contributed by atoms with Crippen molar-refractivity contribution in [1.29, 1.82) is 0 Å². The van der Waals surface area contributed by atoms with Gasteiger partial charge in [0.15, 0.2) is 0 Å². The number of hydrogen-bond acceptors (Lipinski definition) is 2. The van der Waals surface area contributed by atoms with Crippen molar-refractivity contribution in [3.8, 4) is 11.8 Å². The molecule has 0 atom stereocenters. The summed E-state index contributed by atoms with van der Waals surface area (Å²) in [6, 6.07) is 5.67. The summed E-state index contributed by atoms with van der Waals surface area (Å²) < 4.78 is 0. The molecule has 1 amide bonds. The van der Waals surface area contributed by atoms with Crippen LogP contribution in [0, 0.1) is 18.8 Å². The maximum absolute atomic E-state index is 10.6. The van der Waals surface area contributed by atoms with Crippen LogP contribution in [0.25, 0.3) is 0 Å². The van der Waals surface area contributed by atoms with Crippen LogP contribution in [-0.4, -0.2) is 12.5 Å². The molecule has 1 rings (SSSR count). The van der Waals surface area contributed by atoms with Gasteiger partial charge in [-0.25, -0.2) is 0 Å². The first-order valence-corrected chi connectivity index (χ1v) is 4.69. The summed E-state index contributed by atoms with van der Waals surface area (Å²) in [4.78, 5) is 10.6. The average Bonchev–Trinajstić information content (AvgIpc) is 2.18. The van der Waals surface area contributed by atoms with Crippen LogP contribution in [0.15, 0.2) is 18.2 Å². The van der Waals surface area contributed by atoms with E-state index >= 15 is 0 Å². The number of benzene rings is 1. The monoisotopic (exact) mass is 202 g/mol. The highest BCUT2D eigenvalue weighted by Gasteiger charge is 1.93. The van der Waals surface area contributed by atoms with E-state index in [0.29, 0.717) is 6.54 Å². The summed E-state index contributed by atoms with van der Waals surface area (Å²) >= 11 is 0. The molecule has 0 fully saturated rings. The molecule has 0 heterocycles. The third-order valence-corrected chi connectivity index (χ3v) is 1.94. The molecule has 3 heteroatoms. The Morgan fingerprint density at radius 2 is 2.27 bits per heavy atom. The molecule has 3 nitrogen and oxygen atoms in total. The van der Waals surface area contributed by atoms with E-state index in [4.69, 9.17) is 5.73 Å². The molecule has 0 radical (unpaired) electrons. The molecule has 15 heavy (non-hydrogen) atoms. The molecule has 0 aromatic heterocycles. The topological polar surface area (TPSA) is 55.1 Å². The van der Waals surface area contributed by atoms with E-state index in [1.165, 1.54) is 6.92 Å². The van der Waals surface area contributed by atoms with Gasteiger partial charge in [-0.05, 0) is 24.6 Å². The Morgan fingerprint density at radius 3 is 2.87 bits per heavy atom. The zero-order valence-corrected chi connectivity index (χ0v) is 8.92. The van der Waals surface area contributed by atoms with Crippen molar-refractivity contribution in [2.45, 2.75) is 13.8 Å². The van der Waals surface area contributed by atoms with Crippen molar-refractivity contribution in [1.82, 2.24) is 5.32 Å². The van der Waals surface area contributed by atoms with Gasteiger partial charge in [-0.3, -0.25) is 4.79 Å². The maximum Gasteiger partial charge on any atom is 0.217 e. The zero-order valence-electron chi connectivity index (χ0n) is 8.92. The second kappa shape index (κ2) is 5.06. The lowest BCUT2D eigenvalue weighted by Gasteiger charge is -1.98. The quantitative estimate of drug-likeness (QED) is 0.528. The van der Waals surface area contributed by atoms with Gasteiger partial charge in [-0.2, -0.15) is 0 Å². The van der Waals surface area contributed by atoms with E-state index in [2.05, 4.69) is 17.2 Å². The standard InChI is InChI=1S/C12H14N2O/c1-9-5-6-11(8-12(9)13)4-3-7-14-10(2)15/h5-6,8H,7,13H2,1-2H3,(H,14,15). The van der Waals surface area contributed by atoms with E-state index in [-0.39, 0.29) is 5.91 Å². The summed E-state index contributed by atoms with van der Waals surface area (Å²) in [5.74, 6) is 5.69. The van der Waals surface area contributed by atoms with Crippen molar-refractivity contribution >= 4 is 11.6 Å². The minimum Gasteiger partial charge on any atom is -0.398 e. The van der Waals surface area contributed by atoms with Gasteiger partial charge in [0.1, 0.15) is 0 Å². The fourth-order valence-corrected chi connectivity index (χ4v) is 1.03. The minimum absolute atomic E-state index is 0.0762. The lowest BCUT2D eigenvalue weighted by Crippen LogP contribution is -2.19. The molecule has 0 spiro atoms. The fraction of sp³-hybridized carbons (Fsp3) is 0.250. The van der Waals surface area contributed by atoms with Gasteiger partial charge in [-0.1, -0.05) is 17.9 Å². The Kier molecular flexibility index (Phi) is 3.75. The van der Waals surface area contributed by atoms with Crippen molar-refractivity contribution in [3.63, 3.8) is 0 Å². The van der Waals surface area contributed by atoms with E-state index in [0.717, 1.165) is 16.8 Å². The van der Waals surface area contributed by atoms with Crippen molar-refractivity contribution in [2.75, 3.05) is 12.3 Å². The maximum atomic E-state index is 10.6. The molecule has 0 saturated heterocycles. The van der Waals surface area contributed by atoms with Gasteiger partial charge >= 0.3 is 0 Å². The minimum atomic E-state index is -0.0762. The first kappa shape index (κ1) is 11.1. The Bertz CT molecular complexity index is 427. The second-order valence-corrected chi connectivity index (χ2v) is 3.28. The van der Waals surface area contributed by atoms with E-state index < -0.39 is 0 Å². The molecule has 0 saturated carbocycles. The van der Waals surface area contributed by atoms with Crippen LogP contribution in [0.1, 0.15) is 18.1 Å². The number of carbonyl (C=O) groups is 1. The van der Waals surface area contributed by atoms with Crippen LogP contribution in [0.4, 0.5) is 5.69 Å². The number of anilines is 1. The predicted octanol–water partition coefficient (Wildman–Crippen LogP) is 1.06. The number of rotatable bonds is 1. The highest BCUT2D eigenvalue weighted by atomic mass is 16.1. The number of carbonyl (C=O) groups excluding carboxylic acids is 1. The number of nitrogen functional groups attached to an aromatic ring is 1. The van der Waals surface area contributed by atoms with E-state index in [1.54, 1.807) is 0 Å². The molecule has 1 aromatic rings. The number of aryl methyl sites for hydroxylation is 1. The molecule has 3 N–H and O–H groups in total. The van der Waals surface area contributed by atoms with Gasteiger partial charge in [0, 0.05) is 18.2 Å². The predicted molar refractivity (Wildman–Crippen MR) is 61.2 cm³/mol. The largest absolute Gasteiger partial charge is 0.398 e. The highest BCUT2D eigenvalue weighted by molar-refractivity contribution is 5.73. The third kappa shape index (κ3) is 3.74. The molecule has 0 unspecified atom stereocenters.